The standard InChI is InChI=1S/C16H13ClOS/c1-11-4-2-3-5-15(11)18-9-12-10-19-16-7-6-13(17)8-14(12)16/h2-8,10H,9H2,1H3. The first kappa shape index (κ1) is 12.5. The van der Waals surface area contributed by atoms with E-state index in [1.807, 2.05) is 30.3 Å². The quantitative estimate of drug-likeness (QED) is 0.623. The summed E-state index contributed by atoms with van der Waals surface area (Å²) in [5.74, 6) is 0.934. The highest BCUT2D eigenvalue weighted by Gasteiger charge is 2.06. The van der Waals surface area contributed by atoms with Crippen LogP contribution >= 0.6 is 22.9 Å². The second kappa shape index (κ2) is 5.24. The third kappa shape index (κ3) is 2.60. The van der Waals surface area contributed by atoms with E-state index in [-0.39, 0.29) is 0 Å². The van der Waals surface area contributed by atoms with Gasteiger partial charge in [0.15, 0.2) is 0 Å². The highest BCUT2D eigenvalue weighted by Crippen LogP contribution is 2.29. The van der Waals surface area contributed by atoms with E-state index in [1.54, 1.807) is 11.3 Å². The highest BCUT2D eigenvalue weighted by molar-refractivity contribution is 7.17. The molecule has 3 heteroatoms. The Balaban J connectivity index is 1.86. The van der Waals surface area contributed by atoms with Gasteiger partial charge in [-0.25, -0.2) is 0 Å². The van der Waals surface area contributed by atoms with Crippen molar-refractivity contribution in [1.29, 1.82) is 0 Å². The van der Waals surface area contributed by atoms with Crippen molar-refractivity contribution in [2.75, 3.05) is 0 Å². The molecule has 1 nitrogen and oxygen atoms in total. The maximum Gasteiger partial charge on any atom is 0.122 e. The van der Waals surface area contributed by atoms with Crippen molar-refractivity contribution in [2.24, 2.45) is 0 Å². The van der Waals surface area contributed by atoms with Gasteiger partial charge in [0, 0.05) is 20.7 Å². The van der Waals surface area contributed by atoms with Crippen molar-refractivity contribution in [3.05, 3.63) is 64.0 Å². The summed E-state index contributed by atoms with van der Waals surface area (Å²) < 4.78 is 7.14. The molecule has 0 saturated carbocycles. The molecule has 0 aliphatic rings. The summed E-state index contributed by atoms with van der Waals surface area (Å²) in [4.78, 5) is 0. The predicted octanol–water partition coefficient (Wildman–Crippen LogP) is 5.44. The molecule has 0 amide bonds. The van der Waals surface area contributed by atoms with Crippen molar-refractivity contribution in [3.8, 4) is 5.75 Å². The average molecular weight is 289 g/mol. The number of aryl methyl sites for hydroxylation is 1. The van der Waals surface area contributed by atoms with Gasteiger partial charge in [-0.3, -0.25) is 0 Å². The molecule has 0 radical (unpaired) electrons. The van der Waals surface area contributed by atoms with Crippen LogP contribution < -0.4 is 4.74 Å². The summed E-state index contributed by atoms with van der Waals surface area (Å²) in [5, 5.41) is 4.09. The molecule has 0 aliphatic heterocycles. The van der Waals surface area contributed by atoms with Gasteiger partial charge in [0.25, 0.3) is 0 Å². The molecule has 0 spiro atoms. The normalized spacial score (nSPS) is 10.8. The van der Waals surface area contributed by atoms with Crippen LogP contribution in [0.3, 0.4) is 0 Å². The average Bonchev–Trinajstić information content (AvgIpc) is 2.80. The van der Waals surface area contributed by atoms with Gasteiger partial charge >= 0.3 is 0 Å². The monoisotopic (exact) mass is 288 g/mol. The number of halogens is 1. The zero-order chi connectivity index (χ0) is 13.2. The van der Waals surface area contributed by atoms with Crippen LogP contribution in [0.2, 0.25) is 5.02 Å². The van der Waals surface area contributed by atoms with E-state index in [4.69, 9.17) is 16.3 Å². The fraction of sp³-hybridized carbons (Fsp3) is 0.125. The topological polar surface area (TPSA) is 9.23 Å². The first-order chi connectivity index (χ1) is 9.24. The smallest absolute Gasteiger partial charge is 0.122 e. The van der Waals surface area contributed by atoms with Crippen LogP contribution in [0.15, 0.2) is 47.8 Å². The van der Waals surface area contributed by atoms with E-state index < -0.39 is 0 Å². The molecular formula is C16H13ClOS. The Morgan fingerprint density at radius 1 is 1.16 bits per heavy atom. The second-order valence-electron chi connectivity index (χ2n) is 4.46. The van der Waals surface area contributed by atoms with E-state index in [2.05, 4.69) is 24.4 Å². The largest absolute Gasteiger partial charge is 0.489 e. The molecule has 0 fully saturated rings. The van der Waals surface area contributed by atoms with Crippen LogP contribution in [-0.2, 0) is 6.61 Å². The molecule has 0 N–H and O–H groups in total. The van der Waals surface area contributed by atoms with E-state index in [9.17, 15) is 0 Å². The van der Waals surface area contributed by atoms with Gasteiger partial charge in [0.05, 0.1) is 0 Å². The fourth-order valence-corrected chi connectivity index (χ4v) is 3.14. The van der Waals surface area contributed by atoms with Gasteiger partial charge in [-0.2, -0.15) is 0 Å². The molecule has 0 unspecified atom stereocenters. The van der Waals surface area contributed by atoms with Gasteiger partial charge in [-0.05, 0) is 42.1 Å². The summed E-state index contributed by atoms with van der Waals surface area (Å²) in [6.07, 6.45) is 0. The van der Waals surface area contributed by atoms with Crippen LogP contribution in [0.4, 0.5) is 0 Å². The Hall–Kier alpha value is -1.51. The lowest BCUT2D eigenvalue weighted by atomic mass is 10.2. The highest BCUT2D eigenvalue weighted by atomic mass is 35.5. The van der Waals surface area contributed by atoms with Crippen LogP contribution in [0.25, 0.3) is 10.1 Å². The molecule has 0 bridgehead atoms. The molecule has 2 aromatic carbocycles. The van der Waals surface area contributed by atoms with Gasteiger partial charge in [-0.1, -0.05) is 29.8 Å². The Labute approximate surface area is 121 Å². The first-order valence-corrected chi connectivity index (χ1v) is 7.34. The molecule has 1 aromatic heterocycles. The van der Waals surface area contributed by atoms with Crippen LogP contribution in [-0.4, -0.2) is 0 Å². The minimum Gasteiger partial charge on any atom is -0.489 e. The minimum atomic E-state index is 0.575. The molecule has 96 valence electrons. The Morgan fingerprint density at radius 3 is 2.84 bits per heavy atom. The zero-order valence-corrected chi connectivity index (χ0v) is 12.1. The second-order valence-corrected chi connectivity index (χ2v) is 5.80. The lowest BCUT2D eigenvalue weighted by molar-refractivity contribution is 0.306. The number of rotatable bonds is 3. The lowest BCUT2D eigenvalue weighted by Crippen LogP contribution is -1.95. The van der Waals surface area contributed by atoms with Crippen LogP contribution in [0, 0.1) is 6.92 Å². The number of fused-ring (bicyclic) bond motifs is 1. The maximum absolute atomic E-state index is 6.05. The first-order valence-electron chi connectivity index (χ1n) is 6.08. The molecule has 1 heterocycles. The lowest BCUT2D eigenvalue weighted by Gasteiger charge is -2.08. The molecular weight excluding hydrogens is 276 g/mol. The van der Waals surface area contributed by atoms with E-state index >= 15 is 0 Å². The summed E-state index contributed by atoms with van der Waals surface area (Å²) in [5.41, 5.74) is 2.34. The van der Waals surface area contributed by atoms with Gasteiger partial charge < -0.3 is 4.74 Å². The van der Waals surface area contributed by atoms with Crippen LogP contribution in [0.5, 0.6) is 5.75 Å². The minimum absolute atomic E-state index is 0.575. The van der Waals surface area contributed by atoms with Gasteiger partial charge in [-0.15, -0.1) is 11.3 Å². The predicted molar refractivity (Wildman–Crippen MR) is 82.3 cm³/mol. The van der Waals surface area contributed by atoms with Gasteiger partial charge in [0.2, 0.25) is 0 Å². The number of hydrogen-bond donors (Lipinski definition) is 0. The summed E-state index contributed by atoms with van der Waals surface area (Å²) >= 11 is 7.78. The third-order valence-electron chi connectivity index (χ3n) is 3.09. The van der Waals surface area contributed by atoms with Crippen LogP contribution in [0.1, 0.15) is 11.1 Å². The van der Waals surface area contributed by atoms with E-state index in [1.165, 1.54) is 15.6 Å². The number of ether oxygens (including phenoxy) is 1. The summed E-state index contributed by atoms with van der Waals surface area (Å²) in [6, 6.07) is 14.0. The van der Waals surface area contributed by atoms with Crippen molar-refractivity contribution in [2.45, 2.75) is 13.5 Å². The Bertz CT molecular complexity index is 718. The van der Waals surface area contributed by atoms with Crippen molar-refractivity contribution in [3.63, 3.8) is 0 Å². The van der Waals surface area contributed by atoms with Crippen molar-refractivity contribution >= 4 is 33.0 Å². The molecule has 0 aliphatic carbocycles. The zero-order valence-electron chi connectivity index (χ0n) is 10.5. The SMILES string of the molecule is Cc1ccccc1OCc1csc2ccc(Cl)cc12. The molecule has 0 saturated heterocycles. The molecule has 3 aromatic rings. The number of hydrogen-bond acceptors (Lipinski definition) is 2. The molecule has 3 rings (SSSR count). The third-order valence-corrected chi connectivity index (χ3v) is 4.34. The number of thiophene rings is 1. The summed E-state index contributed by atoms with van der Waals surface area (Å²) in [6.45, 7) is 2.63. The van der Waals surface area contributed by atoms with E-state index in [0.717, 1.165) is 16.3 Å². The maximum atomic E-state index is 6.05. The Morgan fingerprint density at radius 2 is 2.00 bits per heavy atom. The summed E-state index contributed by atoms with van der Waals surface area (Å²) in [7, 11) is 0. The van der Waals surface area contributed by atoms with E-state index in [0.29, 0.717) is 6.61 Å². The van der Waals surface area contributed by atoms with Crippen molar-refractivity contribution < 1.29 is 4.74 Å². The number of para-hydroxylation sites is 1. The molecule has 0 atom stereocenters. The Kier molecular flexibility index (Phi) is 3.45. The fourth-order valence-electron chi connectivity index (χ4n) is 2.04. The molecule has 19 heavy (non-hydrogen) atoms. The van der Waals surface area contributed by atoms with Crippen molar-refractivity contribution in [1.82, 2.24) is 0 Å². The van der Waals surface area contributed by atoms with Gasteiger partial charge in [0.1, 0.15) is 12.4 Å². The number of benzene rings is 2.